The third-order valence-corrected chi connectivity index (χ3v) is 5.00. The molecule has 3 aromatic rings. The lowest BCUT2D eigenvalue weighted by molar-refractivity contribution is 0.0917. The Balaban J connectivity index is 1.85. The Morgan fingerprint density at radius 2 is 1.81 bits per heavy atom. The molecule has 1 heterocycles. The highest BCUT2D eigenvalue weighted by Gasteiger charge is 2.45. The third-order valence-electron chi connectivity index (χ3n) is 5.00. The van der Waals surface area contributed by atoms with Gasteiger partial charge in [0.2, 0.25) is 0 Å². The quantitative estimate of drug-likeness (QED) is 0.611. The van der Waals surface area contributed by atoms with Crippen molar-refractivity contribution in [1.82, 2.24) is 0 Å². The second-order valence-electron chi connectivity index (χ2n) is 6.01. The summed E-state index contributed by atoms with van der Waals surface area (Å²) in [6.45, 7) is 0. The number of hydrogen-bond acceptors (Lipinski definition) is 2. The number of furan rings is 1. The molecule has 2 aliphatic rings. The Morgan fingerprint density at radius 3 is 2.76 bits per heavy atom. The van der Waals surface area contributed by atoms with Gasteiger partial charge in [-0.05, 0) is 18.1 Å². The predicted octanol–water partition coefficient (Wildman–Crippen LogP) is 4.32. The molecule has 2 heteroatoms. The van der Waals surface area contributed by atoms with E-state index in [1.54, 1.807) is 0 Å². The molecule has 102 valence electrons. The van der Waals surface area contributed by atoms with Gasteiger partial charge in [-0.3, -0.25) is 4.79 Å². The Hall–Kier alpha value is -2.35. The average molecular weight is 274 g/mol. The van der Waals surface area contributed by atoms with Crippen LogP contribution in [0.25, 0.3) is 11.0 Å². The maximum Gasteiger partial charge on any atom is 0.167 e. The van der Waals surface area contributed by atoms with E-state index in [1.165, 1.54) is 16.5 Å². The van der Waals surface area contributed by atoms with E-state index in [2.05, 4.69) is 12.1 Å². The van der Waals surface area contributed by atoms with Crippen molar-refractivity contribution in [3.05, 3.63) is 71.0 Å². The Labute approximate surface area is 122 Å². The van der Waals surface area contributed by atoms with Crippen molar-refractivity contribution in [2.45, 2.75) is 18.8 Å². The van der Waals surface area contributed by atoms with Crippen LogP contribution in [-0.4, -0.2) is 5.78 Å². The lowest BCUT2D eigenvalue weighted by atomic mass is 9.77. The van der Waals surface area contributed by atoms with Crippen LogP contribution in [0.4, 0.5) is 0 Å². The molecule has 0 bridgehead atoms. The van der Waals surface area contributed by atoms with E-state index in [0.29, 0.717) is 5.78 Å². The van der Waals surface area contributed by atoms with Crippen LogP contribution in [0.2, 0.25) is 0 Å². The Bertz CT molecular complexity index is 887. The molecule has 2 aromatic carbocycles. The first kappa shape index (κ1) is 11.3. The van der Waals surface area contributed by atoms with Crippen LogP contribution in [0.15, 0.2) is 52.9 Å². The lowest BCUT2D eigenvalue weighted by Gasteiger charge is -2.24. The molecule has 0 spiro atoms. The number of rotatable bonds is 0. The first-order chi connectivity index (χ1) is 10.3. The van der Waals surface area contributed by atoms with Crippen molar-refractivity contribution in [3.8, 4) is 0 Å². The van der Waals surface area contributed by atoms with Gasteiger partial charge in [-0.1, -0.05) is 42.5 Å². The van der Waals surface area contributed by atoms with Crippen LogP contribution in [0.1, 0.15) is 39.6 Å². The molecule has 1 aromatic heterocycles. The largest absolute Gasteiger partial charge is 0.461 e. The van der Waals surface area contributed by atoms with Crippen LogP contribution >= 0.6 is 0 Å². The van der Waals surface area contributed by atoms with Gasteiger partial charge in [0.15, 0.2) is 5.78 Å². The summed E-state index contributed by atoms with van der Waals surface area (Å²) in [5, 5.41) is 1.17. The maximum atomic E-state index is 12.7. The number of hydrogen-bond donors (Lipinski definition) is 0. The molecular weight excluding hydrogens is 260 g/mol. The smallest absolute Gasteiger partial charge is 0.167 e. The molecule has 5 rings (SSSR count). The highest BCUT2D eigenvalue weighted by Crippen LogP contribution is 2.51. The first-order valence-corrected chi connectivity index (χ1v) is 7.48. The van der Waals surface area contributed by atoms with Gasteiger partial charge in [0.1, 0.15) is 11.3 Å². The number of benzene rings is 2. The second kappa shape index (κ2) is 3.85. The van der Waals surface area contributed by atoms with E-state index in [0.717, 1.165) is 29.7 Å². The minimum absolute atomic E-state index is 0.0934. The van der Waals surface area contributed by atoms with E-state index in [-0.39, 0.29) is 11.8 Å². The fraction of sp³-hybridized carbons (Fsp3) is 0.211. The predicted molar refractivity (Wildman–Crippen MR) is 80.6 cm³/mol. The zero-order valence-corrected chi connectivity index (χ0v) is 11.5. The summed E-state index contributed by atoms with van der Waals surface area (Å²) in [6.07, 6.45) is 1.76. The number of aryl methyl sites for hydroxylation is 1. The summed E-state index contributed by atoms with van der Waals surface area (Å²) in [5.41, 5.74) is 4.28. The molecule has 0 aliphatic heterocycles. The fourth-order valence-corrected chi connectivity index (χ4v) is 4.14. The van der Waals surface area contributed by atoms with Crippen molar-refractivity contribution in [1.29, 1.82) is 0 Å². The highest BCUT2D eigenvalue weighted by molar-refractivity contribution is 6.05. The van der Waals surface area contributed by atoms with E-state index in [9.17, 15) is 4.79 Å². The van der Waals surface area contributed by atoms with Crippen molar-refractivity contribution < 1.29 is 9.21 Å². The van der Waals surface area contributed by atoms with Crippen molar-refractivity contribution in [3.63, 3.8) is 0 Å². The molecular formula is C19H14O2. The molecule has 2 nitrogen and oxygen atoms in total. The molecule has 0 unspecified atom stereocenters. The van der Waals surface area contributed by atoms with Crippen LogP contribution in [0, 0.1) is 5.92 Å². The van der Waals surface area contributed by atoms with Gasteiger partial charge >= 0.3 is 0 Å². The first-order valence-electron chi connectivity index (χ1n) is 7.48. The van der Waals surface area contributed by atoms with E-state index >= 15 is 0 Å². The zero-order chi connectivity index (χ0) is 14.0. The summed E-state index contributed by atoms with van der Waals surface area (Å²) >= 11 is 0. The Kier molecular flexibility index (Phi) is 2.08. The van der Waals surface area contributed by atoms with Crippen LogP contribution < -0.4 is 0 Å². The lowest BCUT2D eigenvalue weighted by Crippen LogP contribution is -2.20. The van der Waals surface area contributed by atoms with Crippen molar-refractivity contribution >= 4 is 16.8 Å². The van der Waals surface area contributed by atoms with Crippen LogP contribution in [0.3, 0.4) is 0 Å². The van der Waals surface area contributed by atoms with Crippen LogP contribution in [-0.2, 0) is 6.42 Å². The highest BCUT2D eigenvalue weighted by atomic mass is 16.3. The molecule has 21 heavy (non-hydrogen) atoms. The summed E-state index contributed by atoms with van der Waals surface area (Å²) in [7, 11) is 0. The molecule has 2 atom stereocenters. The number of carbonyl (C=O) groups excluding carboxylic acids is 1. The number of carbonyl (C=O) groups is 1. The van der Waals surface area contributed by atoms with E-state index in [4.69, 9.17) is 4.42 Å². The topological polar surface area (TPSA) is 30.2 Å². The average Bonchev–Trinajstić information content (AvgIpc) is 3.04. The number of ketones is 1. The number of Topliss-reactive ketones (excluding diaryl/α,β-unsaturated/α-hetero) is 1. The van der Waals surface area contributed by atoms with Gasteiger partial charge in [-0.25, -0.2) is 0 Å². The molecule has 2 aliphatic carbocycles. The molecule has 0 saturated heterocycles. The van der Waals surface area contributed by atoms with Gasteiger partial charge in [0.25, 0.3) is 0 Å². The second-order valence-corrected chi connectivity index (χ2v) is 6.01. The van der Waals surface area contributed by atoms with Crippen molar-refractivity contribution in [2.75, 3.05) is 0 Å². The Morgan fingerprint density at radius 1 is 1.00 bits per heavy atom. The molecule has 0 radical (unpaired) electrons. The summed E-state index contributed by atoms with van der Waals surface area (Å²) < 4.78 is 6.04. The fourth-order valence-electron chi connectivity index (χ4n) is 4.14. The summed E-state index contributed by atoms with van der Waals surface area (Å²) in [5.74, 6) is 1.66. The van der Waals surface area contributed by atoms with Gasteiger partial charge in [0.05, 0.1) is 0 Å². The molecule has 0 fully saturated rings. The standard InChI is InChI=1S/C19H14O2/c20-19-12-6-2-1-5-11(12)17-14(19)9-10-16-18(17)13-7-3-4-8-15(13)21-16/h1-8,14,17H,9-10H2/t14-,17-/m1/s1. The molecule has 0 amide bonds. The molecule has 0 saturated carbocycles. The van der Waals surface area contributed by atoms with Crippen LogP contribution in [0.5, 0.6) is 0 Å². The monoisotopic (exact) mass is 274 g/mol. The van der Waals surface area contributed by atoms with Gasteiger partial charge in [-0.2, -0.15) is 0 Å². The molecule has 0 N–H and O–H groups in total. The minimum atomic E-state index is 0.0934. The van der Waals surface area contributed by atoms with Gasteiger partial charge < -0.3 is 4.42 Å². The SMILES string of the molecule is O=C1c2ccccc2[C@H]2c3c(oc4ccccc34)CC[C@@H]12. The summed E-state index contributed by atoms with van der Waals surface area (Å²) in [6, 6.07) is 16.3. The van der Waals surface area contributed by atoms with E-state index < -0.39 is 0 Å². The minimum Gasteiger partial charge on any atom is -0.461 e. The third kappa shape index (κ3) is 1.35. The normalized spacial score (nSPS) is 23.0. The summed E-state index contributed by atoms with van der Waals surface area (Å²) in [4.78, 5) is 12.7. The van der Waals surface area contributed by atoms with Gasteiger partial charge in [-0.15, -0.1) is 0 Å². The number of fused-ring (bicyclic) bond motifs is 7. The zero-order valence-electron chi connectivity index (χ0n) is 11.5. The maximum absolute atomic E-state index is 12.7. The van der Waals surface area contributed by atoms with Crippen molar-refractivity contribution in [2.24, 2.45) is 5.92 Å². The van der Waals surface area contributed by atoms with Gasteiger partial charge in [0, 0.05) is 34.8 Å². The number of para-hydroxylation sites is 1. The van der Waals surface area contributed by atoms with E-state index in [1.807, 2.05) is 36.4 Å².